The zero-order valence-corrected chi connectivity index (χ0v) is 12.9. The molecule has 0 unspecified atom stereocenters. The first kappa shape index (κ1) is 15.4. The Kier molecular flexibility index (Phi) is 5.21. The molecule has 0 bridgehead atoms. The second kappa shape index (κ2) is 7.12. The third-order valence-corrected chi connectivity index (χ3v) is 3.15. The average molecular weight is 353 g/mol. The van der Waals surface area contributed by atoms with E-state index in [0.717, 1.165) is 0 Å². The highest BCUT2D eigenvalue weighted by molar-refractivity contribution is 9.09. The number of carbonyl (C=O) groups excluding carboxylic acids is 2. The van der Waals surface area contributed by atoms with E-state index in [4.69, 9.17) is 9.15 Å². The van der Waals surface area contributed by atoms with Crippen LogP contribution in [0.3, 0.4) is 0 Å². The van der Waals surface area contributed by atoms with Gasteiger partial charge in [-0.3, -0.25) is 9.78 Å². The number of Topliss-reactive ketones (excluding diaryl/α,β-unsaturated/α-hetero) is 1. The van der Waals surface area contributed by atoms with Crippen molar-refractivity contribution in [2.24, 2.45) is 0 Å². The topological polar surface area (TPSA) is 82.3 Å². The second-order valence-electron chi connectivity index (χ2n) is 4.12. The van der Waals surface area contributed by atoms with Crippen LogP contribution in [-0.4, -0.2) is 33.7 Å². The van der Waals surface area contributed by atoms with Crippen LogP contribution in [0.2, 0.25) is 0 Å². The molecule has 0 amide bonds. The lowest BCUT2D eigenvalue weighted by Gasteiger charge is -1.99. The molecule has 0 atom stereocenters. The van der Waals surface area contributed by atoms with Gasteiger partial charge >= 0.3 is 5.97 Å². The van der Waals surface area contributed by atoms with E-state index in [9.17, 15) is 9.59 Å². The molecule has 0 aromatic carbocycles. The summed E-state index contributed by atoms with van der Waals surface area (Å²) >= 11 is 3.11. The lowest BCUT2D eigenvalue weighted by molar-refractivity contribution is 0.0519. The predicted octanol–water partition coefficient (Wildman–Crippen LogP) is 2.41. The molecule has 2 heterocycles. The molecule has 0 saturated carbocycles. The first-order valence-corrected chi connectivity index (χ1v) is 7.41. The van der Waals surface area contributed by atoms with Crippen molar-refractivity contribution in [3.63, 3.8) is 0 Å². The lowest BCUT2D eigenvalue weighted by Crippen LogP contribution is -2.05. The summed E-state index contributed by atoms with van der Waals surface area (Å²) in [6.07, 6.45) is 3.10. The van der Waals surface area contributed by atoms with Crippen LogP contribution in [-0.2, 0) is 11.2 Å². The SMILES string of the molecule is CCOC(=O)c1coc(Cc2ccc(C(=O)CBr)cn2)n1. The van der Waals surface area contributed by atoms with Crippen molar-refractivity contribution in [2.45, 2.75) is 13.3 Å². The van der Waals surface area contributed by atoms with E-state index in [0.29, 0.717) is 23.6 Å². The second-order valence-corrected chi connectivity index (χ2v) is 4.68. The molecule has 110 valence electrons. The van der Waals surface area contributed by atoms with Crippen molar-refractivity contribution in [2.75, 3.05) is 11.9 Å². The van der Waals surface area contributed by atoms with E-state index in [1.165, 1.54) is 12.5 Å². The molecule has 0 aliphatic rings. The lowest BCUT2D eigenvalue weighted by atomic mass is 10.2. The number of carbonyl (C=O) groups is 2. The van der Waals surface area contributed by atoms with Gasteiger partial charge in [-0.05, 0) is 19.1 Å². The number of ether oxygens (including phenoxy) is 1. The molecule has 2 rings (SSSR count). The van der Waals surface area contributed by atoms with Crippen LogP contribution in [0.1, 0.15) is 39.4 Å². The Bertz CT molecular complexity index is 637. The number of esters is 1. The van der Waals surface area contributed by atoms with Crippen molar-refractivity contribution in [1.82, 2.24) is 9.97 Å². The van der Waals surface area contributed by atoms with E-state index in [-0.39, 0.29) is 23.4 Å². The summed E-state index contributed by atoms with van der Waals surface area (Å²) in [6, 6.07) is 3.42. The summed E-state index contributed by atoms with van der Waals surface area (Å²) in [5.41, 5.74) is 1.37. The maximum Gasteiger partial charge on any atom is 0.360 e. The van der Waals surface area contributed by atoms with Crippen LogP contribution in [0.5, 0.6) is 0 Å². The van der Waals surface area contributed by atoms with Crippen LogP contribution in [0.4, 0.5) is 0 Å². The number of ketones is 1. The smallest absolute Gasteiger partial charge is 0.360 e. The molecule has 0 N–H and O–H groups in total. The maximum absolute atomic E-state index is 11.5. The Balaban J connectivity index is 2.05. The molecule has 0 spiro atoms. The fourth-order valence-electron chi connectivity index (χ4n) is 1.62. The van der Waals surface area contributed by atoms with Gasteiger partial charge in [0.2, 0.25) is 5.89 Å². The van der Waals surface area contributed by atoms with Gasteiger partial charge in [0.15, 0.2) is 11.5 Å². The van der Waals surface area contributed by atoms with Gasteiger partial charge in [0.25, 0.3) is 0 Å². The Morgan fingerprint density at radius 3 is 2.81 bits per heavy atom. The molecule has 7 heteroatoms. The summed E-state index contributed by atoms with van der Waals surface area (Å²) in [5, 5.41) is 0.261. The van der Waals surface area contributed by atoms with Gasteiger partial charge in [-0.1, -0.05) is 15.9 Å². The van der Waals surface area contributed by atoms with Gasteiger partial charge in [0.1, 0.15) is 6.26 Å². The highest BCUT2D eigenvalue weighted by atomic mass is 79.9. The summed E-state index contributed by atoms with van der Waals surface area (Å²) in [4.78, 5) is 31.1. The van der Waals surface area contributed by atoms with Crippen molar-refractivity contribution in [3.05, 3.63) is 47.4 Å². The van der Waals surface area contributed by atoms with Crippen molar-refractivity contribution in [3.8, 4) is 0 Å². The number of halogens is 1. The van der Waals surface area contributed by atoms with Crippen LogP contribution < -0.4 is 0 Å². The Hall–Kier alpha value is -2.02. The molecule has 0 fully saturated rings. The quantitative estimate of drug-likeness (QED) is 0.451. The predicted molar refractivity (Wildman–Crippen MR) is 77.6 cm³/mol. The van der Waals surface area contributed by atoms with Gasteiger partial charge in [-0.2, -0.15) is 0 Å². The molecule has 6 nitrogen and oxygen atoms in total. The first-order valence-electron chi connectivity index (χ1n) is 6.29. The van der Waals surface area contributed by atoms with Crippen LogP contribution >= 0.6 is 15.9 Å². The number of pyridine rings is 1. The normalized spacial score (nSPS) is 10.4. The zero-order valence-electron chi connectivity index (χ0n) is 11.3. The zero-order chi connectivity index (χ0) is 15.2. The highest BCUT2D eigenvalue weighted by Crippen LogP contribution is 2.10. The number of hydrogen-bond acceptors (Lipinski definition) is 6. The van der Waals surface area contributed by atoms with Crippen LogP contribution in [0.25, 0.3) is 0 Å². The van der Waals surface area contributed by atoms with Crippen molar-refractivity contribution >= 4 is 27.7 Å². The highest BCUT2D eigenvalue weighted by Gasteiger charge is 2.14. The maximum atomic E-state index is 11.5. The minimum atomic E-state index is -0.515. The van der Waals surface area contributed by atoms with Gasteiger partial charge in [0.05, 0.1) is 18.4 Å². The number of nitrogens with zero attached hydrogens (tertiary/aromatic N) is 2. The monoisotopic (exact) mass is 352 g/mol. The summed E-state index contributed by atoms with van der Waals surface area (Å²) < 4.78 is 10.0. The fraction of sp³-hybridized carbons (Fsp3) is 0.286. The molecule has 0 radical (unpaired) electrons. The van der Waals surface area contributed by atoms with Crippen LogP contribution in [0, 0.1) is 0 Å². The number of oxazole rings is 1. The molecule has 2 aromatic heterocycles. The van der Waals surface area contributed by atoms with E-state index < -0.39 is 5.97 Å². The molecule has 0 saturated heterocycles. The number of aromatic nitrogens is 2. The Morgan fingerprint density at radius 1 is 1.38 bits per heavy atom. The minimum Gasteiger partial charge on any atom is -0.461 e. The third-order valence-electron chi connectivity index (χ3n) is 2.64. The van der Waals surface area contributed by atoms with Gasteiger partial charge in [-0.25, -0.2) is 9.78 Å². The Morgan fingerprint density at radius 2 is 2.19 bits per heavy atom. The molecular formula is C14H13BrN2O4. The molecule has 21 heavy (non-hydrogen) atoms. The van der Waals surface area contributed by atoms with Crippen molar-refractivity contribution in [1.29, 1.82) is 0 Å². The van der Waals surface area contributed by atoms with E-state index >= 15 is 0 Å². The Labute approximate surface area is 129 Å². The van der Waals surface area contributed by atoms with Gasteiger partial charge in [0, 0.05) is 17.5 Å². The largest absolute Gasteiger partial charge is 0.461 e. The standard InChI is InChI=1S/C14H13BrN2O4/c1-2-20-14(19)11-8-21-13(17-11)5-10-4-3-9(7-16-10)12(18)6-15/h3-4,7-8H,2,5-6H2,1H3. The van der Waals surface area contributed by atoms with Crippen LogP contribution in [0.15, 0.2) is 29.0 Å². The molecule has 0 aliphatic heterocycles. The van der Waals surface area contributed by atoms with E-state index in [1.807, 2.05) is 0 Å². The van der Waals surface area contributed by atoms with Gasteiger partial charge in [-0.15, -0.1) is 0 Å². The number of rotatable bonds is 6. The number of alkyl halides is 1. The fourth-order valence-corrected chi connectivity index (χ4v) is 1.94. The van der Waals surface area contributed by atoms with Crippen molar-refractivity contribution < 1.29 is 18.7 Å². The summed E-state index contributed by atoms with van der Waals surface area (Å²) in [6.45, 7) is 2.00. The van der Waals surface area contributed by atoms with E-state index in [1.54, 1.807) is 19.1 Å². The summed E-state index contributed by atoms with van der Waals surface area (Å²) in [7, 11) is 0. The summed E-state index contributed by atoms with van der Waals surface area (Å²) in [5.74, 6) is -0.182. The number of hydrogen-bond donors (Lipinski definition) is 0. The third kappa shape index (κ3) is 3.98. The van der Waals surface area contributed by atoms with Gasteiger partial charge < -0.3 is 9.15 Å². The average Bonchev–Trinajstić information content (AvgIpc) is 2.96. The van der Waals surface area contributed by atoms with E-state index in [2.05, 4.69) is 25.9 Å². The molecule has 0 aliphatic carbocycles. The molecule has 2 aromatic rings. The first-order chi connectivity index (χ1) is 10.1. The molecular weight excluding hydrogens is 340 g/mol. The minimum absolute atomic E-state index is 0.0326.